The standard InChI is InChI=1S/C12H17N5O4S/c1-22-5-20-9-8(19)6(2-18)21-12(9)17-4-16-7-10(13)14-3-15-11(7)17/h3-4,6,8-9,12,18-19H,2,5H2,1H3,(H2,13,14,15)/t6-,8+,9?,12-/m1/s1. The topological polar surface area (TPSA) is 129 Å². The Morgan fingerprint density at radius 3 is 3.00 bits per heavy atom. The second-order valence-corrected chi connectivity index (χ2v) is 5.67. The molecule has 2 aromatic rings. The van der Waals surface area contributed by atoms with Crippen molar-refractivity contribution >= 4 is 28.7 Å². The van der Waals surface area contributed by atoms with Gasteiger partial charge in [0.15, 0.2) is 17.7 Å². The second kappa shape index (κ2) is 6.34. The van der Waals surface area contributed by atoms with Crippen LogP contribution in [0.1, 0.15) is 6.23 Å². The molecule has 1 aliphatic rings. The first-order chi connectivity index (χ1) is 10.7. The Morgan fingerprint density at radius 2 is 2.27 bits per heavy atom. The fourth-order valence-corrected chi connectivity index (χ4v) is 2.77. The number of hydrogen-bond acceptors (Lipinski definition) is 9. The molecule has 1 saturated heterocycles. The zero-order valence-electron chi connectivity index (χ0n) is 11.9. The molecule has 0 aromatic carbocycles. The van der Waals surface area contributed by atoms with Crippen LogP contribution in [0.4, 0.5) is 5.82 Å². The molecule has 1 fully saturated rings. The van der Waals surface area contributed by atoms with Gasteiger partial charge < -0.3 is 25.4 Å². The number of ether oxygens (including phenoxy) is 2. The van der Waals surface area contributed by atoms with Crippen molar-refractivity contribution in [2.24, 2.45) is 0 Å². The van der Waals surface area contributed by atoms with Gasteiger partial charge >= 0.3 is 0 Å². The first-order valence-corrected chi connectivity index (χ1v) is 8.04. The monoisotopic (exact) mass is 327 g/mol. The fraction of sp³-hybridized carbons (Fsp3) is 0.583. The Labute approximate surface area is 130 Å². The summed E-state index contributed by atoms with van der Waals surface area (Å²) in [5, 5.41) is 19.6. The van der Waals surface area contributed by atoms with Gasteiger partial charge in [0.05, 0.1) is 18.9 Å². The predicted octanol–water partition coefficient (Wildman–Crippen LogP) is -0.635. The minimum absolute atomic E-state index is 0.266. The van der Waals surface area contributed by atoms with Gasteiger partial charge in [0, 0.05) is 0 Å². The zero-order valence-corrected chi connectivity index (χ0v) is 12.7. The number of aliphatic hydroxyl groups is 2. The van der Waals surface area contributed by atoms with Crippen LogP contribution in [0.15, 0.2) is 12.7 Å². The van der Waals surface area contributed by atoms with E-state index in [1.165, 1.54) is 24.4 Å². The van der Waals surface area contributed by atoms with E-state index in [0.29, 0.717) is 17.1 Å². The predicted molar refractivity (Wildman–Crippen MR) is 80.0 cm³/mol. The van der Waals surface area contributed by atoms with E-state index in [1.54, 1.807) is 4.57 Å². The van der Waals surface area contributed by atoms with Crippen LogP contribution in [0.5, 0.6) is 0 Å². The lowest BCUT2D eigenvalue weighted by Crippen LogP contribution is -2.35. The first-order valence-electron chi connectivity index (χ1n) is 6.65. The van der Waals surface area contributed by atoms with E-state index in [2.05, 4.69) is 15.0 Å². The highest BCUT2D eigenvalue weighted by Crippen LogP contribution is 2.34. The lowest BCUT2D eigenvalue weighted by Gasteiger charge is -2.21. The van der Waals surface area contributed by atoms with Gasteiger partial charge in [-0.1, -0.05) is 0 Å². The maximum Gasteiger partial charge on any atom is 0.167 e. The number of nitrogens with two attached hydrogens (primary N) is 1. The summed E-state index contributed by atoms with van der Waals surface area (Å²) in [6.45, 7) is -0.305. The molecule has 10 heteroatoms. The third-order valence-electron chi connectivity index (χ3n) is 3.53. The Balaban J connectivity index is 1.97. The highest BCUT2D eigenvalue weighted by atomic mass is 32.2. The number of hydrogen-bond donors (Lipinski definition) is 3. The fourth-order valence-electron chi connectivity index (χ4n) is 2.48. The van der Waals surface area contributed by atoms with Crippen LogP contribution in [0.3, 0.4) is 0 Å². The summed E-state index contributed by atoms with van der Waals surface area (Å²) in [7, 11) is 0. The number of rotatable bonds is 5. The molecule has 0 amide bonds. The molecule has 1 aliphatic heterocycles. The van der Waals surface area contributed by atoms with Crippen molar-refractivity contribution in [3.63, 3.8) is 0 Å². The Bertz CT molecular complexity index is 653. The second-order valence-electron chi connectivity index (χ2n) is 4.86. The van der Waals surface area contributed by atoms with Crippen LogP contribution < -0.4 is 5.73 Å². The van der Waals surface area contributed by atoms with E-state index in [-0.39, 0.29) is 12.4 Å². The van der Waals surface area contributed by atoms with Crippen molar-refractivity contribution in [2.45, 2.75) is 24.5 Å². The highest BCUT2D eigenvalue weighted by Gasteiger charge is 2.45. The van der Waals surface area contributed by atoms with Gasteiger partial charge in [-0.05, 0) is 6.26 Å². The lowest BCUT2D eigenvalue weighted by molar-refractivity contribution is -0.0607. The number of anilines is 1. The number of aliphatic hydroxyl groups excluding tert-OH is 2. The van der Waals surface area contributed by atoms with Crippen molar-refractivity contribution < 1.29 is 19.7 Å². The average molecular weight is 327 g/mol. The van der Waals surface area contributed by atoms with Crippen LogP contribution in [-0.2, 0) is 9.47 Å². The molecule has 0 aliphatic carbocycles. The van der Waals surface area contributed by atoms with Gasteiger partial charge in [0.25, 0.3) is 0 Å². The molecule has 3 rings (SSSR count). The molecule has 4 N–H and O–H groups in total. The summed E-state index contributed by atoms with van der Waals surface area (Å²) in [6, 6.07) is 0. The summed E-state index contributed by atoms with van der Waals surface area (Å²) in [5.74, 6) is 0.659. The largest absolute Gasteiger partial charge is 0.394 e. The summed E-state index contributed by atoms with van der Waals surface area (Å²) in [6.07, 6.45) is 1.77. The van der Waals surface area contributed by atoms with Crippen molar-refractivity contribution in [2.75, 3.05) is 24.5 Å². The number of imidazole rings is 1. The van der Waals surface area contributed by atoms with Crippen LogP contribution in [0.2, 0.25) is 0 Å². The quantitative estimate of drug-likeness (QED) is 0.614. The summed E-state index contributed by atoms with van der Waals surface area (Å²) in [5.41, 5.74) is 6.71. The molecule has 2 aromatic heterocycles. The van der Waals surface area contributed by atoms with Gasteiger partial charge in [0.2, 0.25) is 0 Å². The van der Waals surface area contributed by atoms with Gasteiger partial charge in [-0.2, -0.15) is 0 Å². The molecular weight excluding hydrogens is 310 g/mol. The normalized spacial score (nSPS) is 28.5. The number of aromatic nitrogens is 4. The molecule has 0 spiro atoms. The number of fused-ring (bicyclic) bond motifs is 1. The Morgan fingerprint density at radius 1 is 1.45 bits per heavy atom. The van der Waals surface area contributed by atoms with Crippen LogP contribution in [-0.4, -0.2) is 66.8 Å². The lowest BCUT2D eigenvalue weighted by atomic mass is 10.1. The molecule has 0 saturated carbocycles. The molecule has 120 valence electrons. The summed E-state index contributed by atoms with van der Waals surface area (Å²) in [4.78, 5) is 12.2. The molecule has 9 nitrogen and oxygen atoms in total. The van der Waals surface area contributed by atoms with E-state index < -0.39 is 24.5 Å². The van der Waals surface area contributed by atoms with Crippen molar-refractivity contribution in [1.82, 2.24) is 19.5 Å². The molecular formula is C12H17N5O4S. The minimum atomic E-state index is -0.946. The van der Waals surface area contributed by atoms with Gasteiger partial charge in [-0.3, -0.25) is 4.57 Å². The molecule has 3 heterocycles. The molecule has 1 unspecified atom stereocenters. The van der Waals surface area contributed by atoms with Crippen LogP contribution in [0, 0.1) is 0 Å². The molecule has 0 radical (unpaired) electrons. The maximum atomic E-state index is 10.3. The molecule has 22 heavy (non-hydrogen) atoms. The smallest absolute Gasteiger partial charge is 0.167 e. The van der Waals surface area contributed by atoms with Gasteiger partial charge in [-0.15, -0.1) is 11.8 Å². The number of nitrogen functional groups attached to an aromatic ring is 1. The first kappa shape index (κ1) is 15.4. The van der Waals surface area contributed by atoms with Crippen molar-refractivity contribution in [3.05, 3.63) is 12.7 Å². The van der Waals surface area contributed by atoms with Gasteiger partial charge in [-0.25, -0.2) is 15.0 Å². The van der Waals surface area contributed by atoms with Gasteiger partial charge in [0.1, 0.15) is 30.2 Å². The van der Waals surface area contributed by atoms with Crippen molar-refractivity contribution in [1.29, 1.82) is 0 Å². The third kappa shape index (κ3) is 2.52. The van der Waals surface area contributed by atoms with E-state index in [1.807, 2.05) is 6.26 Å². The van der Waals surface area contributed by atoms with E-state index in [0.717, 1.165) is 0 Å². The summed E-state index contributed by atoms with van der Waals surface area (Å²) < 4.78 is 13.0. The highest BCUT2D eigenvalue weighted by molar-refractivity contribution is 7.98. The minimum Gasteiger partial charge on any atom is -0.394 e. The van der Waals surface area contributed by atoms with Crippen LogP contribution in [0.25, 0.3) is 11.2 Å². The Hall–Kier alpha value is -1.46. The summed E-state index contributed by atoms with van der Waals surface area (Å²) >= 11 is 1.48. The Kier molecular flexibility index (Phi) is 4.45. The van der Waals surface area contributed by atoms with E-state index in [4.69, 9.17) is 15.2 Å². The number of nitrogens with zero attached hydrogens (tertiary/aromatic N) is 4. The van der Waals surface area contributed by atoms with Crippen LogP contribution >= 0.6 is 11.8 Å². The van der Waals surface area contributed by atoms with E-state index in [9.17, 15) is 10.2 Å². The molecule has 4 atom stereocenters. The van der Waals surface area contributed by atoms with E-state index >= 15 is 0 Å². The number of thioether (sulfide) groups is 1. The SMILES string of the molecule is CSCOC1[C@@H](O)[C@@H](CO)O[C@H]1n1cnc2c(N)ncnc21. The molecule has 0 bridgehead atoms. The zero-order chi connectivity index (χ0) is 15.7. The van der Waals surface area contributed by atoms with Crippen molar-refractivity contribution in [3.8, 4) is 0 Å². The average Bonchev–Trinajstić information content (AvgIpc) is 3.07. The third-order valence-corrected chi connectivity index (χ3v) is 3.90. The maximum absolute atomic E-state index is 10.3.